The van der Waals surface area contributed by atoms with Gasteiger partial charge in [-0.1, -0.05) is 30.6 Å². The fourth-order valence-electron chi connectivity index (χ4n) is 4.36. The molecule has 42 heavy (non-hydrogen) atoms. The van der Waals surface area contributed by atoms with E-state index in [2.05, 4.69) is 34.1 Å². The fraction of sp³-hybridized carbons (Fsp3) is 0.308. The van der Waals surface area contributed by atoms with Gasteiger partial charge in [-0.25, -0.2) is 9.97 Å². The zero-order chi connectivity index (χ0) is 29.4. The zero-order valence-electron chi connectivity index (χ0n) is 20.9. The molecule has 0 radical (unpaired) electrons. The number of aromatic amines is 1. The third-order valence-corrected chi connectivity index (χ3v) is 7.64. The number of aryl methyl sites for hydroxylation is 2. The molecule has 0 atom stereocenters. The summed E-state index contributed by atoms with van der Waals surface area (Å²) in [6.07, 6.45) is 7.09. The molecule has 4 aromatic heterocycles. The number of aromatic nitrogens is 6. The van der Waals surface area contributed by atoms with E-state index in [4.69, 9.17) is 23.2 Å². The van der Waals surface area contributed by atoms with Gasteiger partial charge in [-0.15, -0.1) is 0 Å². The highest BCUT2D eigenvalue weighted by Gasteiger charge is 2.49. The summed E-state index contributed by atoms with van der Waals surface area (Å²) < 4.78 is 64.5. The van der Waals surface area contributed by atoms with Gasteiger partial charge in [0.05, 0.1) is 11.4 Å². The van der Waals surface area contributed by atoms with E-state index >= 15 is 0 Å². The number of nitrogens with zero attached hydrogens (tertiary/aromatic N) is 5. The third kappa shape index (κ3) is 6.71. The number of pyridine rings is 2. The van der Waals surface area contributed by atoms with Gasteiger partial charge in [0, 0.05) is 33.6 Å². The minimum Gasteiger partial charge on any atom is -0.355 e. The lowest BCUT2D eigenvalue weighted by molar-refractivity contribution is -0.0501. The Kier molecular flexibility index (Phi) is 9.18. The van der Waals surface area contributed by atoms with Crippen molar-refractivity contribution >= 4 is 33.3 Å². The van der Waals surface area contributed by atoms with Crippen LogP contribution in [0.4, 0.5) is 13.2 Å². The SMILES string of the molecule is C.O=S(=O)(Oc1nc(-c2cc(Cl)ccn2)nc2c1CCC2)C(F)(F)F.O=c1[nH]c(-c2cc(Cl)ccn2)nc2c1CCC2. The largest absolute Gasteiger partial charge is 0.534 e. The fourth-order valence-corrected chi connectivity index (χ4v) is 5.12. The number of H-pyrrole nitrogens is 1. The highest BCUT2D eigenvalue weighted by Crippen LogP contribution is 2.34. The first-order valence-corrected chi connectivity index (χ1v) is 14.3. The lowest BCUT2D eigenvalue weighted by Gasteiger charge is -2.12. The molecule has 0 unspecified atom stereocenters. The maximum Gasteiger partial charge on any atom is 0.534 e. The Balaban J connectivity index is 0.000000198. The van der Waals surface area contributed by atoms with Crippen LogP contribution in [0.1, 0.15) is 42.8 Å². The van der Waals surface area contributed by atoms with Crippen LogP contribution in [0.5, 0.6) is 5.88 Å². The quantitative estimate of drug-likeness (QED) is 0.225. The maximum atomic E-state index is 12.6. The van der Waals surface area contributed by atoms with E-state index in [1.165, 1.54) is 18.3 Å². The van der Waals surface area contributed by atoms with Gasteiger partial charge in [0.2, 0.25) is 5.88 Å². The molecule has 0 fully saturated rings. The summed E-state index contributed by atoms with van der Waals surface area (Å²) in [5.41, 5.74) is -2.39. The van der Waals surface area contributed by atoms with Crippen LogP contribution in [0.15, 0.2) is 41.5 Å². The smallest absolute Gasteiger partial charge is 0.355 e. The van der Waals surface area contributed by atoms with Crippen molar-refractivity contribution in [1.29, 1.82) is 0 Å². The lowest BCUT2D eigenvalue weighted by Crippen LogP contribution is -2.29. The van der Waals surface area contributed by atoms with Crippen LogP contribution < -0.4 is 9.74 Å². The van der Waals surface area contributed by atoms with Gasteiger partial charge < -0.3 is 9.17 Å². The molecule has 6 rings (SSSR count). The van der Waals surface area contributed by atoms with Crippen molar-refractivity contribution in [3.05, 3.63) is 79.6 Å². The molecule has 16 heteroatoms. The molecule has 0 amide bonds. The molecular formula is C26H23Cl2F3N6O4S. The molecule has 1 N–H and O–H groups in total. The average molecular weight is 643 g/mol. The predicted molar refractivity (Wildman–Crippen MR) is 150 cm³/mol. The van der Waals surface area contributed by atoms with Gasteiger partial charge in [0.1, 0.15) is 11.4 Å². The van der Waals surface area contributed by atoms with Crippen LogP contribution in [-0.2, 0) is 35.8 Å². The molecule has 0 bridgehead atoms. The standard InChI is InChI=1S/C13H9ClF3N3O3S.C12H10ClN3O.CH4/c14-7-4-5-18-10(6-7)11-19-9-3-1-2-8(9)12(20-11)23-24(21,22)13(15,16)17;13-7-4-5-14-10(6-7)11-15-9-3-1-2-8(9)12(17)16-11;/h4-6H,1-3H2;4-6H,1-3H2,(H,15,16,17);1H4. The molecule has 4 heterocycles. The van der Waals surface area contributed by atoms with E-state index in [1.54, 1.807) is 18.3 Å². The molecule has 4 aromatic rings. The van der Waals surface area contributed by atoms with Crippen molar-refractivity contribution in [2.45, 2.75) is 51.5 Å². The normalized spacial score (nSPS) is 13.8. The van der Waals surface area contributed by atoms with E-state index < -0.39 is 21.5 Å². The second-order valence-corrected chi connectivity index (χ2v) is 11.4. The van der Waals surface area contributed by atoms with Gasteiger partial charge in [-0.2, -0.15) is 26.6 Å². The number of rotatable bonds is 4. The van der Waals surface area contributed by atoms with E-state index in [0.717, 1.165) is 30.5 Å². The Morgan fingerprint density at radius 3 is 2.02 bits per heavy atom. The van der Waals surface area contributed by atoms with Gasteiger partial charge in [0.25, 0.3) is 5.56 Å². The highest BCUT2D eigenvalue weighted by atomic mass is 35.5. The summed E-state index contributed by atoms with van der Waals surface area (Å²) >= 11 is 11.7. The Bertz CT molecular complexity index is 1800. The first kappa shape index (κ1) is 31.3. The summed E-state index contributed by atoms with van der Waals surface area (Å²) in [6.45, 7) is 0. The number of halogens is 5. The number of hydrogen-bond donors (Lipinski definition) is 1. The molecular weight excluding hydrogens is 620 g/mol. The lowest BCUT2D eigenvalue weighted by atomic mass is 10.2. The molecule has 2 aliphatic rings. The molecule has 0 saturated heterocycles. The monoisotopic (exact) mass is 642 g/mol. The van der Waals surface area contributed by atoms with E-state index in [9.17, 15) is 26.4 Å². The number of fused-ring (bicyclic) bond motifs is 2. The van der Waals surface area contributed by atoms with Crippen molar-refractivity contribution in [2.24, 2.45) is 0 Å². The minimum atomic E-state index is -5.82. The Labute approximate surface area is 248 Å². The van der Waals surface area contributed by atoms with Crippen LogP contribution in [0.25, 0.3) is 23.0 Å². The summed E-state index contributed by atoms with van der Waals surface area (Å²) in [4.78, 5) is 35.2. The number of hydrogen-bond acceptors (Lipinski definition) is 9. The van der Waals surface area contributed by atoms with E-state index in [1.807, 2.05) is 0 Å². The van der Waals surface area contributed by atoms with Crippen LogP contribution in [0.3, 0.4) is 0 Å². The van der Waals surface area contributed by atoms with Gasteiger partial charge >= 0.3 is 15.6 Å². The van der Waals surface area contributed by atoms with E-state index in [0.29, 0.717) is 46.5 Å². The molecule has 0 spiro atoms. The number of alkyl halides is 3. The molecule has 0 saturated carbocycles. The van der Waals surface area contributed by atoms with Gasteiger partial charge in [0.15, 0.2) is 11.6 Å². The van der Waals surface area contributed by atoms with Crippen LogP contribution in [0.2, 0.25) is 10.0 Å². The minimum absolute atomic E-state index is 0. The molecule has 0 aliphatic heterocycles. The van der Waals surface area contributed by atoms with Crippen LogP contribution in [0, 0.1) is 0 Å². The summed E-state index contributed by atoms with van der Waals surface area (Å²) in [7, 11) is -5.82. The average Bonchev–Trinajstić information content (AvgIpc) is 3.58. The third-order valence-electron chi connectivity index (χ3n) is 6.22. The Morgan fingerprint density at radius 2 is 1.40 bits per heavy atom. The van der Waals surface area contributed by atoms with Crippen LogP contribution >= 0.6 is 23.2 Å². The first-order chi connectivity index (χ1) is 19.4. The summed E-state index contributed by atoms with van der Waals surface area (Å²) in [6, 6.07) is 6.31. The molecule has 222 valence electrons. The van der Waals surface area contributed by atoms with E-state index in [-0.39, 0.29) is 30.1 Å². The van der Waals surface area contributed by atoms with Crippen LogP contribution in [-0.4, -0.2) is 43.8 Å². The van der Waals surface area contributed by atoms with Gasteiger partial charge in [-0.05, 0) is 62.8 Å². The van der Waals surface area contributed by atoms with Crippen molar-refractivity contribution < 1.29 is 25.8 Å². The van der Waals surface area contributed by atoms with Crippen molar-refractivity contribution in [3.63, 3.8) is 0 Å². The van der Waals surface area contributed by atoms with Crippen molar-refractivity contribution in [2.75, 3.05) is 0 Å². The summed E-state index contributed by atoms with van der Waals surface area (Å²) in [5.74, 6) is -0.171. The predicted octanol–water partition coefficient (Wildman–Crippen LogP) is 5.52. The second kappa shape index (κ2) is 12.3. The molecule has 2 aliphatic carbocycles. The second-order valence-electron chi connectivity index (χ2n) is 9.03. The Morgan fingerprint density at radius 1 is 0.833 bits per heavy atom. The zero-order valence-corrected chi connectivity index (χ0v) is 23.2. The van der Waals surface area contributed by atoms with Crippen molar-refractivity contribution in [3.8, 4) is 28.9 Å². The summed E-state index contributed by atoms with van der Waals surface area (Å²) in [5, 5.41) is 0.910. The van der Waals surface area contributed by atoms with Gasteiger partial charge in [-0.3, -0.25) is 14.8 Å². The number of nitrogens with one attached hydrogen (secondary N) is 1. The molecule has 10 nitrogen and oxygen atoms in total. The Hall–Kier alpha value is -3.62. The molecule has 0 aromatic carbocycles. The highest BCUT2D eigenvalue weighted by molar-refractivity contribution is 7.88. The topological polar surface area (TPSA) is 141 Å². The first-order valence-electron chi connectivity index (χ1n) is 12.2. The maximum absolute atomic E-state index is 12.6. The van der Waals surface area contributed by atoms with Crippen molar-refractivity contribution in [1.82, 2.24) is 29.9 Å².